The minimum Gasteiger partial charge on any atom is -0.481 e. The summed E-state index contributed by atoms with van der Waals surface area (Å²) < 4.78 is 28.9. The second kappa shape index (κ2) is 7.90. The largest absolute Gasteiger partial charge is 0.481 e. The number of carbonyl (C=O) groups excluding carboxylic acids is 2. The monoisotopic (exact) mass is 435 g/mol. The van der Waals surface area contributed by atoms with Gasteiger partial charge in [0.25, 0.3) is 0 Å². The third-order valence-corrected chi connectivity index (χ3v) is 6.60. The Morgan fingerprint density at radius 1 is 0.806 bits per heavy atom. The number of hydrogen-bond donors (Lipinski definition) is 2. The quantitative estimate of drug-likeness (QED) is 0.481. The van der Waals surface area contributed by atoms with E-state index in [0.717, 1.165) is 0 Å². The highest BCUT2D eigenvalue weighted by Crippen LogP contribution is 2.32. The fourth-order valence-corrected chi connectivity index (χ4v) is 5.13. The smallest absolute Gasteiger partial charge is 0.305 e. The maximum absolute atomic E-state index is 13.3. The summed E-state index contributed by atoms with van der Waals surface area (Å²) in [5, 5.41) is 9.26. The normalized spacial score (nSPS) is 13.9. The molecule has 0 saturated heterocycles. The van der Waals surface area contributed by atoms with Gasteiger partial charge in [-0.3, -0.25) is 14.4 Å². The SMILES string of the molecule is O=C(O)C[C@H](NS(=O)(=O)c1cccc2c1C(=O)c1ccccc1C2=O)c1ccccc1. The molecule has 0 spiro atoms. The average molecular weight is 435 g/mol. The van der Waals surface area contributed by atoms with E-state index in [0.29, 0.717) is 5.56 Å². The van der Waals surface area contributed by atoms with Crippen molar-refractivity contribution in [3.05, 3.63) is 101 Å². The third-order valence-electron chi connectivity index (χ3n) is 5.08. The Labute approximate surface area is 178 Å². The number of sulfonamides is 1. The number of rotatable bonds is 6. The van der Waals surface area contributed by atoms with E-state index in [1.165, 1.54) is 30.3 Å². The molecule has 1 atom stereocenters. The maximum Gasteiger partial charge on any atom is 0.305 e. The minimum atomic E-state index is -4.34. The highest BCUT2D eigenvalue weighted by Gasteiger charge is 2.35. The van der Waals surface area contributed by atoms with Gasteiger partial charge < -0.3 is 5.11 Å². The van der Waals surface area contributed by atoms with Gasteiger partial charge in [0.15, 0.2) is 11.6 Å². The molecule has 1 aliphatic carbocycles. The summed E-state index contributed by atoms with van der Waals surface area (Å²) in [6.07, 6.45) is -0.492. The molecule has 3 aromatic carbocycles. The third kappa shape index (κ3) is 3.78. The van der Waals surface area contributed by atoms with Crippen molar-refractivity contribution in [2.45, 2.75) is 17.4 Å². The Morgan fingerprint density at radius 2 is 1.39 bits per heavy atom. The van der Waals surface area contributed by atoms with Crippen molar-refractivity contribution in [1.82, 2.24) is 4.72 Å². The van der Waals surface area contributed by atoms with E-state index in [9.17, 15) is 27.9 Å². The van der Waals surface area contributed by atoms with Gasteiger partial charge in [-0.1, -0.05) is 66.7 Å². The summed E-state index contributed by atoms with van der Waals surface area (Å²) in [5.74, 6) is -2.19. The molecule has 0 heterocycles. The first-order chi connectivity index (χ1) is 14.8. The van der Waals surface area contributed by atoms with Crippen molar-refractivity contribution in [3.63, 3.8) is 0 Å². The molecule has 0 saturated carbocycles. The van der Waals surface area contributed by atoms with Gasteiger partial charge in [0.05, 0.1) is 22.9 Å². The van der Waals surface area contributed by atoms with Gasteiger partial charge >= 0.3 is 5.97 Å². The van der Waals surface area contributed by atoms with Gasteiger partial charge in [-0.25, -0.2) is 13.1 Å². The van der Waals surface area contributed by atoms with E-state index in [2.05, 4.69) is 4.72 Å². The van der Waals surface area contributed by atoms with Crippen LogP contribution in [0.3, 0.4) is 0 Å². The standard InChI is InChI=1S/C23H17NO6S/c25-20(26)13-18(14-7-2-1-3-8-14)24-31(29,30)19-12-6-11-17-21(19)23(28)16-10-5-4-9-15(16)22(17)27/h1-12,18,24H,13H2,(H,25,26)/t18-/m0/s1. The fraction of sp³-hybridized carbons (Fsp3) is 0.0870. The van der Waals surface area contributed by atoms with E-state index in [-0.39, 0.29) is 27.1 Å². The number of aliphatic carboxylic acids is 1. The van der Waals surface area contributed by atoms with Gasteiger partial charge in [0.1, 0.15) is 0 Å². The first-order valence-electron chi connectivity index (χ1n) is 9.40. The Hall–Kier alpha value is -3.62. The van der Waals surface area contributed by atoms with E-state index >= 15 is 0 Å². The Bertz CT molecular complexity index is 1310. The van der Waals surface area contributed by atoms with Gasteiger partial charge in [-0.05, 0) is 11.6 Å². The zero-order valence-corrected chi connectivity index (χ0v) is 16.9. The molecule has 1 aliphatic rings. The van der Waals surface area contributed by atoms with E-state index in [4.69, 9.17) is 0 Å². The topological polar surface area (TPSA) is 118 Å². The van der Waals surface area contributed by atoms with Gasteiger partial charge in [-0.15, -0.1) is 0 Å². The number of carboxylic acid groups (broad SMARTS) is 1. The lowest BCUT2D eigenvalue weighted by Crippen LogP contribution is -2.33. The van der Waals surface area contributed by atoms with Crippen molar-refractivity contribution >= 4 is 27.6 Å². The first kappa shape index (κ1) is 20.6. The minimum absolute atomic E-state index is 0.000991. The second-order valence-electron chi connectivity index (χ2n) is 7.06. The molecule has 0 aromatic heterocycles. The van der Waals surface area contributed by atoms with Gasteiger partial charge in [-0.2, -0.15) is 0 Å². The van der Waals surface area contributed by atoms with Crippen LogP contribution in [-0.2, 0) is 14.8 Å². The lowest BCUT2D eigenvalue weighted by atomic mass is 9.84. The van der Waals surface area contributed by atoms with Crippen molar-refractivity contribution in [2.75, 3.05) is 0 Å². The van der Waals surface area contributed by atoms with E-state index in [1.807, 2.05) is 0 Å². The van der Waals surface area contributed by atoms with Crippen molar-refractivity contribution in [3.8, 4) is 0 Å². The number of benzene rings is 3. The zero-order chi connectivity index (χ0) is 22.2. The number of fused-ring (bicyclic) bond motifs is 2. The van der Waals surface area contributed by atoms with Crippen molar-refractivity contribution in [2.24, 2.45) is 0 Å². The van der Waals surface area contributed by atoms with Gasteiger partial charge in [0.2, 0.25) is 10.0 Å². The number of carboxylic acids is 1. The lowest BCUT2D eigenvalue weighted by molar-refractivity contribution is -0.137. The summed E-state index contributed by atoms with van der Waals surface area (Å²) >= 11 is 0. The van der Waals surface area contributed by atoms with Gasteiger partial charge in [0, 0.05) is 16.7 Å². The van der Waals surface area contributed by atoms with Crippen LogP contribution in [0.25, 0.3) is 0 Å². The first-order valence-corrected chi connectivity index (χ1v) is 10.9. The molecule has 3 aromatic rings. The molecule has 0 fully saturated rings. The van der Waals surface area contributed by atoms with Crippen LogP contribution in [-0.4, -0.2) is 31.1 Å². The predicted octanol–water partition coefficient (Wildman–Crippen LogP) is 2.96. The summed E-state index contributed by atoms with van der Waals surface area (Å²) in [6.45, 7) is 0. The molecular weight excluding hydrogens is 418 g/mol. The van der Waals surface area contributed by atoms with Crippen LogP contribution in [0.1, 0.15) is 49.9 Å². The van der Waals surface area contributed by atoms with Crippen LogP contribution in [0.4, 0.5) is 0 Å². The van der Waals surface area contributed by atoms with Crippen LogP contribution >= 0.6 is 0 Å². The Morgan fingerprint density at radius 3 is 2.03 bits per heavy atom. The highest BCUT2D eigenvalue weighted by molar-refractivity contribution is 7.89. The number of carbonyl (C=O) groups is 3. The number of hydrogen-bond acceptors (Lipinski definition) is 5. The van der Waals surface area contributed by atoms with Crippen molar-refractivity contribution in [1.29, 1.82) is 0 Å². The molecule has 31 heavy (non-hydrogen) atoms. The average Bonchev–Trinajstić information content (AvgIpc) is 2.76. The Balaban J connectivity index is 1.80. The van der Waals surface area contributed by atoms with E-state index in [1.54, 1.807) is 42.5 Å². The molecule has 4 rings (SSSR count). The summed E-state index contributed by atoms with van der Waals surface area (Å²) in [5.41, 5.74) is 0.608. The van der Waals surface area contributed by atoms with Crippen LogP contribution in [0.5, 0.6) is 0 Å². The van der Waals surface area contributed by atoms with Crippen LogP contribution in [0, 0.1) is 0 Å². The number of ketones is 2. The molecule has 0 bridgehead atoms. The lowest BCUT2D eigenvalue weighted by Gasteiger charge is -2.22. The molecule has 0 radical (unpaired) electrons. The summed E-state index contributed by atoms with van der Waals surface area (Å²) in [7, 11) is -4.34. The molecule has 156 valence electrons. The molecule has 0 aliphatic heterocycles. The molecule has 0 amide bonds. The molecule has 2 N–H and O–H groups in total. The zero-order valence-electron chi connectivity index (χ0n) is 16.1. The van der Waals surface area contributed by atoms with Crippen molar-refractivity contribution < 1.29 is 27.9 Å². The predicted molar refractivity (Wildman–Crippen MR) is 112 cm³/mol. The maximum atomic E-state index is 13.3. The molecule has 7 nitrogen and oxygen atoms in total. The fourth-order valence-electron chi connectivity index (χ4n) is 3.68. The van der Waals surface area contributed by atoms with Crippen LogP contribution in [0.2, 0.25) is 0 Å². The summed E-state index contributed by atoms with van der Waals surface area (Å²) in [6, 6.07) is 17.5. The highest BCUT2D eigenvalue weighted by atomic mass is 32.2. The Kier molecular flexibility index (Phi) is 5.26. The second-order valence-corrected chi connectivity index (χ2v) is 8.75. The number of nitrogens with one attached hydrogen (secondary N) is 1. The van der Waals surface area contributed by atoms with Crippen LogP contribution < -0.4 is 4.72 Å². The molecular formula is C23H17NO6S. The molecule has 0 unspecified atom stereocenters. The molecule has 8 heteroatoms. The van der Waals surface area contributed by atoms with E-state index < -0.39 is 40.0 Å². The summed E-state index contributed by atoms with van der Waals surface area (Å²) in [4.78, 5) is 37.0. The van der Waals surface area contributed by atoms with Crippen LogP contribution in [0.15, 0.2) is 77.7 Å².